The summed E-state index contributed by atoms with van der Waals surface area (Å²) in [6, 6.07) is 16.2. The first-order valence-electron chi connectivity index (χ1n) is 8.92. The van der Waals surface area contributed by atoms with Crippen LogP contribution in [-0.2, 0) is 4.79 Å². The fourth-order valence-corrected chi connectivity index (χ4v) is 4.14. The van der Waals surface area contributed by atoms with Gasteiger partial charge in [0.2, 0.25) is 0 Å². The third-order valence-electron chi connectivity index (χ3n) is 5.33. The van der Waals surface area contributed by atoms with Crippen LogP contribution in [0.5, 0.6) is 5.75 Å². The van der Waals surface area contributed by atoms with Gasteiger partial charge < -0.3 is 14.5 Å². The molecule has 0 bridgehead atoms. The van der Waals surface area contributed by atoms with Gasteiger partial charge in [0.1, 0.15) is 5.75 Å². The second-order valence-corrected chi connectivity index (χ2v) is 7.15. The highest BCUT2D eigenvalue weighted by molar-refractivity contribution is 5.97. The first kappa shape index (κ1) is 16.2. The van der Waals surface area contributed by atoms with Crippen molar-refractivity contribution in [3.05, 3.63) is 59.7 Å². The molecule has 130 valence electrons. The van der Waals surface area contributed by atoms with Crippen LogP contribution in [0.25, 0.3) is 0 Å². The molecular weight excluding hydrogens is 312 g/mol. The van der Waals surface area contributed by atoms with Crippen molar-refractivity contribution in [2.45, 2.75) is 25.3 Å². The molecule has 0 radical (unpaired) electrons. The van der Waals surface area contributed by atoms with Crippen molar-refractivity contribution in [3.8, 4) is 5.75 Å². The lowest BCUT2D eigenvalue weighted by Gasteiger charge is -2.36. The molecule has 2 heterocycles. The third-order valence-corrected chi connectivity index (χ3v) is 5.33. The van der Waals surface area contributed by atoms with E-state index in [1.165, 1.54) is 11.1 Å². The Kier molecular flexibility index (Phi) is 4.22. The van der Waals surface area contributed by atoms with E-state index >= 15 is 0 Å². The predicted molar refractivity (Wildman–Crippen MR) is 99.2 cm³/mol. The Hall–Kier alpha value is -2.33. The Bertz CT molecular complexity index is 775. The number of likely N-dealkylation sites (tertiary alicyclic amines) is 1. The van der Waals surface area contributed by atoms with Crippen molar-refractivity contribution in [1.29, 1.82) is 0 Å². The highest BCUT2D eigenvalue weighted by Gasteiger charge is 2.43. The summed E-state index contributed by atoms with van der Waals surface area (Å²) in [7, 11) is 2.16. The van der Waals surface area contributed by atoms with Crippen LogP contribution in [0.15, 0.2) is 48.5 Å². The number of aryl methyl sites for hydroxylation is 1. The van der Waals surface area contributed by atoms with Gasteiger partial charge in [-0.25, -0.2) is 0 Å². The van der Waals surface area contributed by atoms with Crippen molar-refractivity contribution in [2.75, 3.05) is 31.6 Å². The molecule has 1 fully saturated rings. The zero-order valence-corrected chi connectivity index (χ0v) is 14.8. The second kappa shape index (κ2) is 6.52. The van der Waals surface area contributed by atoms with Gasteiger partial charge in [0, 0.05) is 24.2 Å². The van der Waals surface area contributed by atoms with Crippen molar-refractivity contribution in [2.24, 2.45) is 0 Å². The third kappa shape index (κ3) is 3.02. The molecule has 2 aliphatic rings. The monoisotopic (exact) mass is 336 g/mol. The maximum atomic E-state index is 13.0. The minimum atomic E-state index is 0.0472. The molecule has 0 aliphatic carbocycles. The summed E-state index contributed by atoms with van der Waals surface area (Å²) >= 11 is 0. The first-order valence-corrected chi connectivity index (χ1v) is 8.92. The average molecular weight is 336 g/mol. The number of carbonyl (C=O) groups is 1. The number of benzene rings is 2. The molecule has 25 heavy (non-hydrogen) atoms. The van der Waals surface area contributed by atoms with E-state index in [1.807, 2.05) is 35.2 Å². The molecule has 1 amide bonds. The van der Waals surface area contributed by atoms with Gasteiger partial charge in [-0.1, -0.05) is 35.9 Å². The largest absolute Gasteiger partial charge is 0.484 e. The standard InChI is InChI=1S/C21H24N2O2/c1-15-8-9-19-17(12-15)18-13-22(2)11-10-20(18)23(19)21(24)14-25-16-6-4-3-5-7-16/h3-9,12,18,20H,10-11,13-14H2,1-2H3/t18-,20+/m1/s1. The average Bonchev–Trinajstić information content (AvgIpc) is 2.93. The number of nitrogens with zero attached hydrogens (tertiary/aromatic N) is 2. The summed E-state index contributed by atoms with van der Waals surface area (Å²) < 4.78 is 5.72. The zero-order valence-electron chi connectivity index (χ0n) is 14.8. The fraction of sp³-hybridized carbons (Fsp3) is 0.381. The number of anilines is 1. The molecule has 0 spiro atoms. The van der Waals surface area contributed by atoms with Crippen LogP contribution in [0.3, 0.4) is 0 Å². The Labute approximate surface area is 149 Å². The van der Waals surface area contributed by atoms with Crippen molar-refractivity contribution in [3.63, 3.8) is 0 Å². The Morgan fingerprint density at radius 2 is 2.00 bits per heavy atom. The van der Waals surface area contributed by atoms with Gasteiger partial charge >= 0.3 is 0 Å². The lowest BCUT2D eigenvalue weighted by molar-refractivity contribution is -0.121. The topological polar surface area (TPSA) is 32.8 Å². The van der Waals surface area contributed by atoms with Crippen LogP contribution in [0.1, 0.15) is 23.5 Å². The van der Waals surface area contributed by atoms with E-state index in [4.69, 9.17) is 4.74 Å². The molecule has 2 aromatic rings. The van der Waals surface area contributed by atoms with Crippen LogP contribution >= 0.6 is 0 Å². The summed E-state index contributed by atoms with van der Waals surface area (Å²) in [5.41, 5.74) is 3.63. The maximum absolute atomic E-state index is 13.0. The molecule has 4 heteroatoms. The van der Waals surface area contributed by atoms with Crippen molar-refractivity contribution < 1.29 is 9.53 Å². The lowest BCUT2D eigenvalue weighted by atomic mass is 9.89. The number of ether oxygens (including phenoxy) is 1. The number of likely N-dealkylation sites (N-methyl/N-ethyl adjacent to an activating group) is 1. The smallest absolute Gasteiger partial charge is 0.265 e. The van der Waals surface area contributed by atoms with Gasteiger partial charge in [0.05, 0.1) is 0 Å². The van der Waals surface area contributed by atoms with Crippen LogP contribution in [0.4, 0.5) is 5.69 Å². The van der Waals surface area contributed by atoms with E-state index < -0.39 is 0 Å². The van der Waals surface area contributed by atoms with E-state index in [9.17, 15) is 4.79 Å². The van der Waals surface area contributed by atoms with Gasteiger partial charge in [-0.2, -0.15) is 0 Å². The van der Waals surface area contributed by atoms with Crippen LogP contribution in [0.2, 0.25) is 0 Å². The summed E-state index contributed by atoms with van der Waals surface area (Å²) in [6.07, 6.45) is 1.01. The quantitative estimate of drug-likeness (QED) is 0.863. The van der Waals surface area contributed by atoms with E-state index in [1.54, 1.807) is 0 Å². The Morgan fingerprint density at radius 3 is 2.80 bits per heavy atom. The molecule has 2 aromatic carbocycles. The summed E-state index contributed by atoms with van der Waals surface area (Å²) in [6.45, 7) is 4.23. The van der Waals surface area contributed by atoms with E-state index in [0.29, 0.717) is 5.92 Å². The molecule has 2 aliphatic heterocycles. The Balaban J connectivity index is 1.59. The molecule has 0 unspecified atom stereocenters. The van der Waals surface area contributed by atoms with Gasteiger partial charge in [-0.05, 0) is 50.7 Å². The van der Waals surface area contributed by atoms with Crippen molar-refractivity contribution in [1.82, 2.24) is 4.90 Å². The van der Waals surface area contributed by atoms with Gasteiger partial charge in [0.25, 0.3) is 5.91 Å². The SMILES string of the molecule is Cc1ccc2c(c1)[C@H]1CN(C)CC[C@@H]1N2C(=O)COc1ccccc1. The molecular formula is C21H24N2O2. The van der Waals surface area contributed by atoms with Gasteiger partial charge in [0.15, 0.2) is 6.61 Å². The summed E-state index contributed by atoms with van der Waals surface area (Å²) in [5, 5.41) is 0. The second-order valence-electron chi connectivity index (χ2n) is 7.15. The predicted octanol–water partition coefficient (Wildman–Crippen LogP) is 3.21. The van der Waals surface area contributed by atoms with Gasteiger partial charge in [-0.15, -0.1) is 0 Å². The zero-order chi connectivity index (χ0) is 17.4. The number of piperidine rings is 1. The number of hydrogen-bond donors (Lipinski definition) is 0. The number of fused-ring (bicyclic) bond motifs is 3. The number of carbonyl (C=O) groups excluding carboxylic acids is 1. The lowest BCUT2D eigenvalue weighted by Crippen LogP contribution is -2.48. The minimum absolute atomic E-state index is 0.0472. The molecule has 1 saturated heterocycles. The number of para-hydroxylation sites is 1. The fourth-order valence-electron chi connectivity index (χ4n) is 4.14. The van der Waals surface area contributed by atoms with Crippen LogP contribution in [-0.4, -0.2) is 43.6 Å². The molecule has 0 saturated carbocycles. The molecule has 2 atom stereocenters. The normalized spacial score (nSPS) is 22.4. The van der Waals surface area contributed by atoms with Crippen molar-refractivity contribution >= 4 is 11.6 Å². The number of amides is 1. The van der Waals surface area contributed by atoms with E-state index in [2.05, 4.69) is 37.1 Å². The first-order chi connectivity index (χ1) is 12.1. The number of rotatable bonds is 3. The highest BCUT2D eigenvalue weighted by Crippen LogP contribution is 2.44. The summed E-state index contributed by atoms with van der Waals surface area (Å²) in [5.74, 6) is 1.18. The molecule has 4 nitrogen and oxygen atoms in total. The Morgan fingerprint density at radius 1 is 1.20 bits per heavy atom. The van der Waals surface area contributed by atoms with Crippen LogP contribution < -0.4 is 9.64 Å². The van der Waals surface area contributed by atoms with E-state index in [0.717, 1.165) is 30.9 Å². The van der Waals surface area contributed by atoms with Crippen LogP contribution in [0, 0.1) is 6.92 Å². The van der Waals surface area contributed by atoms with Gasteiger partial charge in [-0.3, -0.25) is 4.79 Å². The molecule has 4 rings (SSSR count). The number of hydrogen-bond acceptors (Lipinski definition) is 3. The van der Waals surface area contributed by atoms with E-state index in [-0.39, 0.29) is 18.6 Å². The maximum Gasteiger partial charge on any atom is 0.265 e. The minimum Gasteiger partial charge on any atom is -0.484 e. The molecule has 0 aromatic heterocycles. The summed E-state index contributed by atoms with van der Waals surface area (Å²) in [4.78, 5) is 17.3. The highest BCUT2D eigenvalue weighted by atomic mass is 16.5. The molecule has 0 N–H and O–H groups in total.